The molecule has 0 spiro atoms. The van der Waals surface area contributed by atoms with Crippen molar-refractivity contribution in [1.82, 2.24) is 9.88 Å². The van der Waals surface area contributed by atoms with E-state index in [1.54, 1.807) is 31.7 Å². The summed E-state index contributed by atoms with van der Waals surface area (Å²) in [5, 5.41) is 0. The Bertz CT molecular complexity index is 722. The molecule has 0 N–H and O–H groups in total. The van der Waals surface area contributed by atoms with Crippen LogP contribution < -0.4 is 0 Å². The lowest BCUT2D eigenvalue weighted by Crippen LogP contribution is -2.53. The summed E-state index contributed by atoms with van der Waals surface area (Å²) in [5.41, 5.74) is -0.752. The molecular weight excluding hydrogens is 345 g/mol. The van der Waals surface area contributed by atoms with Crippen molar-refractivity contribution < 1.29 is 22.7 Å². The summed E-state index contributed by atoms with van der Waals surface area (Å²) < 4.78 is 45.4. The molecule has 2 unspecified atom stereocenters. The van der Waals surface area contributed by atoms with Crippen LogP contribution in [0.4, 0.5) is 18.0 Å². The number of hydrogen-bond acceptors (Lipinski definition) is 3. The Morgan fingerprint density at radius 3 is 2.62 bits per heavy atom. The Hall–Kier alpha value is -2.05. The molecule has 2 atom stereocenters. The van der Waals surface area contributed by atoms with E-state index in [2.05, 4.69) is 4.98 Å². The van der Waals surface area contributed by atoms with Crippen LogP contribution in [-0.2, 0) is 10.9 Å². The number of hydrogen-bond donors (Lipinski definition) is 0. The Morgan fingerprint density at radius 2 is 2.00 bits per heavy atom. The number of aromatic nitrogens is 1. The standard InChI is InChI=1S/C19H23F3N2O2/c1-18(2,3)26-17(25)24-13-6-4-7-14(24)11-12(10-13)15-8-5-9-23-16(15)19(20,21)22/h5,8-10,13-14H,4,6-7,11H2,1-3H3. The average Bonchev–Trinajstić information content (AvgIpc) is 2.51. The lowest BCUT2D eigenvalue weighted by molar-refractivity contribution is -0.141. The molecule has 0 aliphatic carbocycles. The zero-order chi connectivity index (χ0) is 19.1. The number of ether oxygens (including phenoxy) is 1. The van der Waals surface area contributed by atoms with Gasteiger partial charge in [0.05, 0.1) is 6.04 Å². The molecule has 1 fully saturated rings. The van der Waals surface area contributed by atoms with Crippen LogP contribution in [0, 0.1) is 0 Å². The molecule has 1 aromatic rings. The van der Waals surface area contributed by atoms with E-state index in [1.807, 2.05) is 0 Å². The predicted molar refractivity (Wildman–Crippen MR) is 91.3 cm³/mol. The number of carbonyl (C=O) groups excluding carboxylic acids is 1. The third kappa shape index (κ3) is 3.86. The molecule has 1 amide bonds. The summed E-state index contributed by atoms with van der Waals surface area (Å²) in [6, 6.07) is 2.58. The zero-order valence-corrected chi connectivity index (χ0v) is 15.1. The number of pyridine rings is 1. The number of piperidine rings is 1. The maximum atomic E-state index is 13.3. The van der Waals surface area contributed by atoms with E-state index >= 15 is 0 Å². The first kappa shape index (κ1) is 18.7. The van der Waals surface area contributed by atoms with Crippen molar-refractivity contribution in [1.29, 1.82) is 0 Å². The first-order valence-corrected chi connectivity index (χ1v) is 8.81. The van der Waals surface area contributed by atoms with E-state index in [0.29, 0.717) is 12.0 Å². The van der Waals surface area contributed by atoms with Crippen LogP contribution in [0.2, 0.25) is 0 Å². The fraction of sp³-hybridized carbons (Fsp3) is 0.579. The molecule has 1 aromatic heterocycles. The second kappa shape index (κ2) is 6.59. The molecule has 1 saturated heterocycles. The average molecular weight is 368 g/mol. The van der Waals surface area contributed by atoms with Gasteiger partial charge in [0.2, 0.25) is 0 Å². The summed E-state index contributed by atoms with van der Waals surface area (Å²) in [6.07, 6.45) is 0.840. The number of rotatable bonds is 1. The lowest BCUT2D eigenvalue weighted by atomic mass is 9.82. The highest BCUT2D eigenvalue weighted by Gasteiger charge is 2.42. The van der Waals surface area contributed by atoms with Crippen molar-refractivity contribution in [2.75, 3.05) is 0 Å². The minimum Gasteiger partial charge on any atom is -0.444 e. The molecule has 0 radical (unpaired) electrons. The van der Waals surface area contributed by atoms with Crippen LogP contribution in [0.1, 0.15) is 57.7 Å². The maximum absolute atomic E-state index is 13.3. The molecule has 0 saturated carbocycles. The molecule has 2 bridgehead atoms. The van der Waals surface area contributed by atoms with Crippen molar-refractivity contribution >= 4 is 11.7 Å². The van der Waals surface area contributed by atoms with Gasteiger partial charge in [-0.2, -0.15) is 13.2 Å². The van der Waals surface area contributed by atoms with Gasteiger partial charge in [-0.1, -0.05) is 12.1 Å². The molecule has 3 rings (SSSR count). The van der Waals surface area contributed by atoms with E-state index in [4.69, 9.17) is 4.74 Å². The van der Waals surface area contributed by atoms with Gasteiger partial charge >= 0.3 is 12.3 Å². The van der Waals surface area contributed by atoms with Gasteiger partial charge in [0.25, 0.3) is 0 Å². The van der Waals surface area contributed by atoms with E-state index in [9.17, 15) is 18.0 Å². The number of carbonyl (C=O) groups is 1. The van der Waals surface area contributed by atoms with E-state index in [0.717, 1.165) is 25.5 Å². The highest BCUT2D eigenvalue weighted by atomic mass is 19.4. The van der Waals surface area contributed by atoms with Crippen LogP contribution in [0.5, 0.6) is 0 Å². The topological polar surface area (TPSA) is 42.4 Å². The molecule has 142 valence electrons. The van der Waals surface area contributed by atoms with Gasteiger partial charge in [-0.3, -0.25) is 9.88 Å². The van der Waals surface area contributed by atoms with E-state index in [1.165, 1.54) is 12.1 Å². The molecule has 2 aliphatic rings. The fourth-order valence-corrected chi connectivity index (χ4v) is 3.72. The second-order valence-electron chi connectivity index (χ2n) is 7.83. The van der Waals surface area contributed by atoms with Crippen LogP contribution in [0.15, 0.2) is 24.4 Å². The summed E-state index contributed by atoms with van der Waals surface area (Å²) >= 11 is 0. The fourth-order valence-electron chi connectivity index (χ4n) is 3.72. The van der Waals surface area contributed by atoms with Crippen molar-refractivity contribution in [2.45, 2.75) is 70.3 Å². The Balaban J connectivity index is 1.94. The molecule has 0 aromatic carbocycles. The summed E-state index contributed by atoms with van der Waals surface area (Å²) in [4.78, 5) is 17.8. The predicted octanol–water partition coefficient (Wildman–Crippen LogP) is 5.05. The molecule has 3 heterocycles. The van der Waals surface area contributed by atoms with Gasteiger partial charge in [0.1, 0.15) is 5.60 Å². The van der Waals surface area contributed by atoms with E-state index in [-0.39, 0.29) is 17.6 Å². The summed E-state index contributed by atoms with van der Waals surface area (Å²) in [7, 11) is 0. The van der Waals surface area contributed by atoms with Crippen molar-refractivity contribution in [3.63, 3.8) is 0 Å². The third-order valence-corrected chi connectivity index (χ3v) is 4.66. The first-order chi connectivity index (χ1) is 12.1. The Labute approximate surface area is 151 Å². The van der Waals surface area contributed by atoms with Gasteiger partial charge < -0.3 is 4.74 Å². The highest BCUT2D eigenvalue weighted by Crippen LogP contribution is 2.41. The molecule has 26 heavy (non-hydrogen) atoms. The molecule has 4 nitrogen and oxygen atoms in total. The largest absolute Gasteiger partial charge is 0.444 e. The van der Waals surface area contributed by atoms with Crippen LogP contribution in [0.3, 0.4) is 0 Å². The van der Waals surface area contributed by atoms with Gasteiger partial charge in [0, 0.05) is 17.8 Å². The number of fused-ring (bicyclic) bond motifs is 2. The smallest absolute Gasteiger partial charge is 0.433 e. The zero-order valence-electron chi connectivity index (χ0n) is 15.1. The minimum absolute atomic E-state index is 0.112. The Kier molecular flexibility index (Phi) is 4.75. The van der Waals surface area contributed by atoms with Crippen molar-refractivity contribution in [2.24, 2.45) is 0 Å². The summed E-state index contributed by atoms with van der Waals surface area (Å²) in [6.45, 7) is 5.41. The van der Waals surface area contributed by atoms with E-state index < -0.39 is 23.6 Å². The van der Waals surface area contributed by atoms with Gasteiger partial charge in [-0.25, -0.2) is 4.79 Å². The SMILES string of the molecule is CC(C)(C)OC(=O)N1C2C=C(c3cccnc3C(F)(F)F)CC1CCC2. The number of nitrogens with zero attached hydrogens (tertiary/aromatic N) is 2. The Morgan fingerprint density at radius 1 is 1.27 bits per heavy atom. The first-order valence-electron chi connectivity index (χ1n) is 8.81. The third-order valence-electron chi connectivity index (χ3n) is 4.66. The van der Waals surface area contributed by atoms with Crippen LogP contribution in [-0.4, -0.2) is 33.7 Å². The van der Waals surface area contributed by atoms with Crippen molar-refractivity contribution in [3.05, 3.63) is 35.7 Å². The summed E-state index contributed by atoms with van der Waals surface area (Å²) in [5.74, 6) is 0. The minimum atomic E-state index is -4.51. The van der Waals surface area contributed by atoms with Crippen LogP contribution >= 0.6 is 0 Å². The number of alkyl halides is 3. The van der Waals surface area contributed by atoms with Crippen molar-refractivity contribution in [3.8, 4) is 0 Å². The normalized spacial score (nSPS) is 23.5. The molecular formula is C19H23F3N2O2. The highest BCUT2D eigenvalue weighted by molar-refractivity contribution is 5.75. The lowest BCUT2D eigenvalue weighted by Gasteiger charge is -2.45. The number of amides is 1. The van der Waals surface area contributed by atoms with Gasteiger partial charge in [-0.15, -0.1) is 0 Å². The van der Waals surface area contributed by atoms with Crippen LogP contribution in [0.25, 0.3) is 5.57 Å². The molecule has 7 heteroatoms. The second-order valence-corrected chi connectivity index (χ2v) is 7.83. The number of halogens is 3. The van der Waals surface area contributed by atoms with Gasteiger partial charge in [-0.05, 0) is 58.1 Å². The van der Waals surface area contributed by atoms with Gasteiger partial charge in [0.15, 0.2) is 5.69 Å². The monoisotopic (exact) mass is 368 g/mol. The molecule has 2 aliphatic heterocycles. The maximum Gasteiger partial charge on any atom is 0.433 e. The quantitative estimate of drug-likeness (QED) is 0.697.